The third-order valence-electron chi connectivity index (χ3n) is 3.96. The Balaban J connectivity index is 0.00000280. The number of nitrogens with one attached hydrogen (secondary N) is 1. The van der Waals surface area contributed by atoms with Gasteiger partial charge in [-0.05, 0) is 31.3 Å². The lowest BCUT2D eigenvalue weighted by atomic mass is 10.2. The summed E-state index contributed by atoms with van der Waals surface area (Å²) >= 11 is 0. The summed E-state index contributed by atoms with van der Waals surface area (Å²) in [6.07, 6.45) is 2.34. The van der Waals surface area contributed by atoms with Crippen LogP contribution in [0, 0.1) is 11.8 Å². The van der Waals surface area contributed by atoms with E-state index >= 15 is 0 Å². The number of halogens is 3. The summed E-state index contributed by atoms with van der Waals surface area (Å²) in [7, 11) is -1.21. The molecule has 6 nitrogen and oxygen atoms in total. The van der Waals surface area contributed by atoms with Crippen molar-refractivity contribution in [2.45, 2.75) is 11.4 Å². The molecule has 1 aromatic carbocycles. The van der Waals surface area contributed by atoms with Crippen molar-refractivity contribution in [2.24, 2.45) is 0 Å². The Labute approximate surface area is 167 Å². The highest BCUT2D eigenvalue weighted by Crippen LogP contribution is 2.32. The van der Waals surface area contributed by atoms with Crippen LogP contribution in [0.4, 0.5) is 8.78 Å². The minimum absolute atomic E-state index is 0. The molecular weight excluding hydrogens is 412 g/mol. The van der Waals surface area contributed by atoms with Crippen molar-refractivity contribution in [3.63, 3.8) is 0 Å². The lowest BCUT2D eigenvalue weighted by Crippen LogP contribution is -2.14. The molecule has 0 amide bonds. The van der Waals surface area contributed by atoms with E-state index in [1.54, 1.807) is 13.1 Å². The largest absolute Gasteiger partial charge is 0.497 e. The van der Waals surface area contributed by atoms with Crippen LogP contribution in [0.1, 0.15) is 5.56 Å². The van der Waals surface area contributed by atoms with E-state index in [1.807, 2.05) is 0 Å². The van der Waals surface area contributed by atoms with Crippen LogP contribution in [0.15, 0.2) is 53.7 Å². The fourth-order valence-electron chi connectivity index (χ4n) is 2.69. The Morgan fingerprint density at radius 1 is 1.21 bits per heavy atom. The molecule has 150 valence electrons. The van der Waals surface area contributed by atoms with Crippen molar-refractivity contribution in [3.8, 4) is 17.0 Å². The summed E-state index contributed by atoms with van der Waals surface area (Å²) in [5.41, 5.74) is -0.570. The van der Waals surface area contributed by atoms with Crippen LogP contribution in [-0.2, 0) is 16.6 Å². The maximum atomic E-state index is 15.0. The maximum Gasteiger partial charge on any atom is 0.268 e. The number of benzene rings is 1. The molecule has 10 heteroatoms. The number of pyridine rings is 1. The zero-order valence-corrected chi connectivity index (χ0v) is 16.7. The van der Waals surface area contributed by atoms with E-state index in [1.165, 1.54) is 43.6 Å². The summed E-state index contributed by atoms with van der Waals surface area (Å²) in [6, 6.07) is 8.45. The lowest BCUT2D eigenvalue weighted by Gasteiger charge is -2.12. The van der Waals surface area contributed by atoms with Gasteiger partial charge < -0.3 is 10.1 Å². The van der Waals surface area contributed by atoms with E-state index in [9.17, 15) is 17.2 Å². The molecule has 0 spiro atoms. The fourth-order valence-corrected chi connectivity index (χ4v) is 4.12. The number of ether oxygens (including phenoxy) is 1. The molecule has 2 heterocycles. The lowest BCUT2D eigenvalue weighted by molar-refractivity contribution is 0.413. The van der Waals surface area contributed by atoms with Gasteiger partial charge in [-0.3, -0.25) is 0 Å². The van der Waals surface area contributed by atoms with Crippen molar-refractivity contribution in [1.29, 1.82) is 0 Å². The maximum absolute atomic E-state index is 15.0. The number of hydrogen-bond donors (Lipinski definition) is 1. The Bertz CT molecular complexity index is 1090. The standard InChI is InChI=1S/C18H17F2N3O3S.ClH/c1-21-10-12-11-23(17(16(12)19)15-7-4-8-22-18(15)20)27(24,25)14-6-3-5-13(9-14)26-2;/h3-9,11,21H,10H2,1-2H3;1H. The third-order valence-corrected chi connectivity index (χ3v) is 5.62. The van der Waals surface area contributed by atoms with Crippen LogP contribution in [0.5, 0.6) is 5.75 Å². The van der Waals surface area contributed by atoms with Crippen LogP contribution in [0.25, 0.3) is 11.3 Å². The van der Waals surface area contributed by atoms with E-state index in [0.717, 1.165) is 10.2 Å². The molecule has 0 unspecified atom stereocenters. The highest BCUT2D eigenvalue weighted by Gasteiger charge is 2.28. The molecule has 0 aliphatic heterocycles. The van der Waals surface area contributed by atoms with Crippen molar-refractivity contribution in [3.05, 3.63) is 66.1 Å². The smallest absolute Gasteiger partial charge is 0.268 e. The van der Waals surface area contributed by atoms with Gasteiger partial charge in [-0.2, -0.15) is 4.39 Å². The molecule has 2 aromatic heterocycles. The first-order chi connectivity index (χ1) is 12.9. The highest BCUT2D eigenvalue weighted by atomic mass is 35.5. The first-order valence-corrected chi connectivity index (χ1v) is 9.39. The van der Waals surface area contributed by atoms with E-state index in [0.29, 0.717) is 5.75 Å². The number of rotatable bonds is 6. The van der Waals surface area contributed by atoms with Crippen LogP contribution in [0.3, 0.4) is 0 Å². The van der Waals surface area contributed by atoms with E-state index < -0.39 is 27.5 Å². The summed E-state index contributed by atoms with van der Waals surface area (Å²) in [5, 5.41) is 2.76. The van der Waals surface area contributed by atoms with Gasteiger partial charge in [-0.25, -0.2) is 21.8 Å². The number of methoxy groups -OCH3 is 1. The molecule has 1 N–H and O–H groups in total. The van der Waals surface area contributed by atoms with Gasteiger partial charge in [0.2, 0.25) is 5.95 Å². The summed E-state index contributed by atoms with van der Waals surface area (Å²) in [5.74, 6) is -1.47. The number of nitrogens with zero attached hydrogens (tertiary/aromatic N) is 2. The number of aromatic nitrogens is 2. The van der Waals surface area contributed by atoms with Gasteiger partial charge in [0.1, 0.15) is 11.4 Å². The first kappa shape index (κ1) is 21.8. The van der Waals surface area contributed by atoms with E-state index in [4.69, 9.17) is 4.74 Å². The van der Waals surface area contributed by atoms with Crippen LogP contribution >= 0.6 is 12.4 Å². The van der Waals surface area contributed by atoms with E-state index in [-0.39, 0.29) is 35.0 Å². The second-order valence-corrected chi connectivity index (χ2v) is 7.48. The predicted octanol–water partition coefficient (Wildman–Crippen LogP) is 3.22. The van der Waals surface area contributed by atoms with Crippen molar-refractivity contribution in [1.82, 2.24) is 14.3 Å². The molecular formula is C18H18ClF2N3O3S. The highest BCUT2D eigenvalue weighted by molar-refractivity contribution is 7.90. The van der Waals surface area contributed by atoms with E-state index in [2.05, 4.69) is 10.3 Å². The molecule has 28 heavy (non-hydrogen) atoms. The zero-order valence-electron chi connectivity index (χ0n) is 15.0. The summed E-state index contributed by atoms with van der Waals surface area (Å²) in [6.45, 7) is 0.0708. The summed E-state index contributed by atoms with van der Waals surface area (Å²) in [4.78, 5) is 3.39. The average molecular weight is 430 g/mol. The topological polar surface area (TPSA) is 73.2 Å². The van der Waals surface area contributed by atoms with Gasteiger partial charge in [-0.1, -0.05) is 6.07 Å². The SMILES string of the molecule is CNCc1cn(S(=O)(=O)c2cccc(OC)c2)c(-c2cccnc2F)c1F.Cl. The van der Waals surface area contributed by atoms with Crippen LogP contribution in [-0.4, -0.2) is 31.5 Å². The van der Waals surface area contributed by atoms with Crippen molar-refractivity contribution in [2.75, 3.05) is 14.2 Å². The molecule has 0 radical (unpaired) electrons. The molecule has 3 aromatic rings. The van der Waals surface area contributed by atoms with Crippen molar-refractivity contribution < 1.29 is 21.9 Å². The molecule has 0 saturated carbocycles. The Morgan fingerprint density at radius 2 is 1.96 bits per heavy atom. The Hall–Kier alpha value is -2.49. The third kappa shape index (κ3) is 3.87. The molecule has 0 bridgehead atoms. The number of hydrogen-bond acceptors (Lipinski definition) is 5. The minimum atomic E-state index is -4.21. The zero-order chi connectivity index (χ0) is 19.6. The quantitative estimate of drug-likeness (QED) is 0.609. The van der Waals surface area contributed by atoms with Gasteiger partial charge in [-0.15, -0.1) is 12.4 Å². The Morgan fingerprint density at radius 3 is 2.61 bits per heavy atom. The van der Waals surface area contributed by atoms with Gasteiger partial charge in [0.05, 0.1) is 17.6 Å². The normalized spacial score (nSPS) is 11.1. The second-order valence-electron chi connectivity index (χ2n) is 5.67. The van der Waals surface area contributed by atoms with Gasteiger partial charge >= 0.3 is 0 Å². The molecule has 0 fully saturated rings. The van der Waals surface area contributed by atoms with Gasteiger partial charge in [0.15, 0.2) is 5.82 Å². The Kier molecular flexibility index (Phi) is 6.76. The molecule has 0 aliphatic rings. The molecule has 3 rings (SSSR count). The van der Waals surface area contributed by atoms with Gasteiger partial charge in [0.25, 0.3) is 10.0 Å². The fraction of sp³-hybridized carbons (Fsp3) is 0.167. The van der Waals surface area contributed by atoms with Gasteiger partial charge in [0, 0.05) is 30.6 Å². The molecule has 0 saturated heterocycles. The van der Waals surface area contributed by atoms with Crippen LogP contribution < -0.4 is 10.1 Å². The van der Waals surface area contributed by atoms with Crippen LogP contribution in [0.2, 0.25) is 0 Å². The second kappa shape index (κ2) is 8.68. The molecule has 0 aliphatic carbocycles. The average Bonchev–Trinajstić information content (AvgIpc) is 3.00. The van der Waals surface area contributed by atoms with Crippen molar-refractivity contribution >= 4 is 22.4 Å². The predicted molar refractivity (Wildman–Crippen MR) is 103 cm³/mol. The minimum Gasteiger partial charge on any atom is -0.497 e. The monoisotopic (exact) mass is 429 g/mol. The molecule has 0 atom stereocenters. The summed E-state index contributed by atoms with van der Waals surface area (Å²) < 4.78 is 61.3. The first-order valence-electron chi connectivity index (χ1n) is 7.95.